The molecule has 3 nitrogen and oxygen atoms in total. The number of carbonyl (C=O) groups is 2. The van der Waals surface area contributed by atoms with Crippen LogP contribution in [0.4, 0.5) is 17.6 Å². The first-order valence-corrected chi connectivity index (χ1v) is 3.90. The second-order valence-electron chi connectivity index (χ2n) is 2.73. The summed E-state index contributed by atoms with van der Waals surface area (Å²) in [5.41, 5.74) is -1.19. The number of ether oxygens (including phenoxy) is 1. The van der Waals surface area contributed by atoms with Crippen molar-refractivity contribution in [2.24, 2.45) is 0 Å². The van der Waals surface area contributed by atoms with Gasteiger partial charge in [-0.3, -0.25) is 4.79 Å². The maximum atomic E-state index is 12.9. The number of rotatable bonds is 1. The Balaban J connectivity index is 3.25. The van der Waals surface area contributed by atoms with E-state index in [9.17, 15) is 27.2 Å². The van der Waals surface area contributed by atoms with Gasteiger partial charge in [0.05, 0.1) is 0 Å². The van der Waals surface area contributed by atoms with Gasteiger partial charge in [-0.25, -0.2) is 22.4 Å². The maximum absolute atomic E-state index is 12.9. The second kappa shape index (κ2) is 4.30. The Morgan fingerprint density at radius 2 is 1.62 bits per heavy atom. The van der Waals surface area contributed by atoms with E-state index in [4.69, 9.17) is 0 Å². The molecule has 0 N–H and O–H groups in total. The smallest absolute Gasteiger partial charge is 0.348 e. The van der Waals surface area contributed by atoms with E-state index in [0.717, 1.165) is 6.92 Å². The quantitative estimate of drug-likeness (QED) is 0.246. The molecule has 0 aliphatic carbocycles. The van der Waals surface area contributed by atoms with Crippen molar-refractivity contribution in [1.29, 1.82) is 0 Å². The summed E-state index contributed by atoms with van der Waals surface area (Å²) in [6.45, 7) is 0.839. The predicted octanol–water partition coefficient (Wildman–Crippen LogP) is 1.95. The number of hydrogen-bond donors (Lipinski definition) is 0. The third kappa shape index (κ3) is 2.18. The molecule has 86 valence electrons. The summed E-state index contributed by atoms with van der Waals surface area (Å²) in [7, 11) is 0. The van der Waals surface area contributed by atoms with E-state index in [2.05, 4.69) is 4.74 Å². The zero-order chi connectivity index (χ0) is 12.5. The fourth-order valence-electron chi connectivity index (χ4n) is 0.907. The second-order valence-corrected chi connectivity index (χ2v) is 2.73. The van der Waals surface area contributed by atoms with E-state index in [1.54, 1.807) is 0 Å². The fourth-order valence-corrected chi connectivity index (χ4v) is 0.907. The van der Waals surface area contributed by atoms with Crippen LogP contribution < -0.4 is 0 Å². The summed E-state index contributed by atoms with van der Waals surface area (Å²) in [5.74, 6) is -10.5. The van der Waals surface area contributed by atoms with E-state index in [-0.39, 0.29) is 6.07 Å². The van der Waals surface area contributed by atoms with Gasteiger partial charge in [0.25, 0.3) is 0 Å². The number of benzene rings is 1. The SMILES string of the molecule is CC(=O)OC(=O)c1cc(F)c(F)c(F)c1F. The van der Waals surface area contributed by atoms with Gasteiger partial charge in [0.15, 0.2) is 23.3 Å². The average Bonchev–Trinajstić information content (AvgIpc) is 2.19. The highest BCUT2D eigenvalue weighted by atomic mass is 19.2. The highest BCUT2D eigenvalue weighted by Crippen LogP contribution is 2.19. The van der Waals surface area contributed by atoms with Crippen LogP contribution in [-0.2, 0) is 9.53 Å². The van der Waals surface area contributed by atoms with Crippen LogP contribution in [0.25, 0.3) is 0 Å². The molecule has 0 aliphatic heterocycles. The van der Waals surface area contributed by atoms with E-state index >= 15 is 0 Å². The molecule has 0 amide bonds. The van der Waals surface area contributed by atoms with Crippen molar-refractivity contribution in [2.45, 2.75) is 6.92 Å². The molecule has 1 aromatic rings. The third-order valence-corrected chi connectivity index (χ3v) is 1.56. The minimum atomic E-state index is -2.14. The van der Waals surface area contributed by atoms with Crippen LogP contribution in [0, 0.1) is 23.3 Å². The first kappa shape index (κ1) is 12.2. The molecule has 0 bridgehead atoms. The van der Waals surface area contributed by atoms with Gasteiger partial charge in [-0.1, -0.05) is 0 Å². The molecule has 16 heavy (non-hydrogen) atoms. The number of esters is 2. The van der Waals surface area contributed by atoms with Gasteiger partial charge in [-0.05, 0) is 6.07 Å². The van der Waals surface area contributed by atoms with Gasteiger partial charge >= 0.3 is 11.9 Å². The molecular formula is C9H4F4O3. The Hall–Kier alpha value is -1.92. The van der Waals surface area contributed by atoms with Crippen molar-refractivity contribution in [2.75, 3.05) is 0 Å². The van der Waals surface area contributed by atoms with Gasteiger partial charge in [0.2, 0.25) is 0 Å². The molecule has 0 aromatic heterocycles. The minimum absolute atomic E-state index is 0.110. The molecule has 0 radical (unpaired) electrons. The van der Waals surface area contributed by atoms with Gasteiger partial charge in [0, 0.05) is 6.92 Å². The maximum Gasteiger partial charge on any atom is 0.348 e. The highest BCUT2D eigenvalue weighted by Gasteiger charge is 2.24. The van der Waals surface area contributed by atoms with Crippen molar-refractivity contribution in [1.82, 2.24) is 0 Å². The molecule has 0 aliphatic rings. The lowest BCUT2D eigenvalue weighted by Gasteiger charge is -2.03. The Morgan fingerprint density at radius 1 is 1.06 bits per heavy atom. The van der Waals surface area contributed by atoms with Gasteiger partial charge in [-0.2, -0.15) is 0 Å². The largest absolute Gasteiger partial charge is 0.390 e. The molecule has 7 heteroatoms. The zero-order valence-electron chi connectivity index (χ0n) is 7.81. The standard InChI is InChI=1S/C9H4F4O3/c1-3(14)16-9(15)4-2-5(10)7(12)8(13)6(4)11/h2H,1H3. The van der Waals surface area contributed by atoms with Crippen molar-refractivity contribution < 1.29 is 31.9 Å². The van der Waals surface area contributed by atoms with Crippen LogP contribution in [0.15, 0.2) is 6.07 Å². The fraction of sp³-hybridized carbons (Fsp3) is 0.111. The van der Waals surface area contributed by atoms with E-state index in [1.807, 2.05) is 0 Å². The van der Waals surface area contributed by atoms with Gasteiger partial charge < -0.3 is 4.74 Å². The van der Waals surface area contributed by atoms with Crippen molar-refractivity contribution in [3.05, 3.63) is 34.9 Å². The summed E-state index contributed by atoms with van der Waals surface area (Å²) >= 11 is 0. The number of carbonyl (C=O) groups excluding carboxylic acids is 2. The molecule has 0 saturated heterocycles. The van der Waals surface area contributed by atoms with Crippen LogP contribution in [0.3, 0.4) is 0 Å². The lowest BCUT2D eigenvalue weighted by atomic mass is 10.2. The molecule has 0 unspecified atom stereocenters. The first-order valence-electron chi connectivity index (χ1n) is 3.90. The summed E-state index contributed by atoms with van der Waals surface area (Å²) in [6.07, 6.45) is 0. The predicted molar refractivity (Wildman–Crippen MR) is 42.4 cm³/mol. The van der Waals surface area contributed by atoms with Crippen molar-refractivity contribution in [3.63, 3.8) is 0 Å². The van der Waals surface area contributed by atoms with Crippen LogP contribution in [0.5, 0.6) is 0 Å². The number of halogens is 4. The van der Waals surface area contributed by atoms with Crippen LogP contribution in [-0.4, -0.2) is 11.9 Å². The topological polar surface area (TPSA) is 43.4 Å². The molecular weight excluding hydrogens is 232 g/mol. The third-order valence-electron chi connectivity index (χ3n) is 1.56. The zero-order valence-corrected chi connectivity index (χ0v) is 7.81. The Labute approximate surface area is 86.6 Å². The van der Waals surface area contributed by atoms with Crippen LogP contribution >= 0.6 is 0 Å². The minimum Gasteiger partial charge on any atom is -0.390 e. The summed E-state index contributed by atoms with van der Waals surface area (Å²) < 4.78 is 54.6. The van der Waals surface area contributed by atoms with Gasteiger partial charge in [-0.15, -0.1) is 0 Å². The molecule has 0 atom stereocenters. The summed E-state index contributed by atoms with van der Waals surface area (Å²) in [5, 5.41) is 0. The molecule has 0 spiro atoms. The van der Waals surface area contributed by atoms with Crippen LogP contribution in [0.2, 0.25) is 0 Å². The first-order chi connectivity index (χ1) is 7.34. The van der Waals surface area contributed by atoms with Crippen LogP contribution in [0.1, 0.15) is 17.3 Å². The van der Waals surface area contributed by atoms with E-state index in [1.165, 1.54) is 0 Å². The van der Waals surface area contributed by atoms with Crippen molar-refractivity contribution >= 4 is 11.9 Å². The Morgan fingerprint density at radius 3 is 2.12 bits per heavy atom. The Bertz CT molecular complexity index is 470. The molecule has 0 fully saturated rings. The van der Waals surface area contributed by atoms with E-state index in [0.29, 0.717) is 0 Å². The molecule has 0 heterocycles. The van der Waals surface area contributed by atoms with Crippen molar-refractivity contribution in [3.8, 4) is 0 Å². The lowest BCUT2D eigenvalue weighted by Crippen LogP contribution is -2.13. The summed E-state index contributed by atoms with van der Waals surface area (Å²) in [4.78, 5) is 21.3. The Kier molecular flexibility index (Phi) is 3.26. The summed E-state index contributed by atoms with van der Waals surface area (Å²) in [6, 6.07) is 0.110. The molecule has 0 saturated carbocycles. The normalized spacial score (nSPS) is 10.1. The molecule has 1 rings (SSSR count). The monoisotopic (exact) mass is 236 g/mol. The lowest BCUT2D eigenvalue weighted by molar-refractivity contribution is -0.135. The molecule has 1 aromatic carbocycles. The highest BCUT2D eigenvalue weighted by molar-refractivity contribution is 5.96. The number of hydrogen-bond acceptors (Lipinski definition) is 3. The van der Waals surface area contributed by atoms with Gasteiger partial charge in [0.1, 0.15) is 5.56 Å². The average molecular weight is 236 g/mol. The van der Waals surface area contributed by atoms with E-state index < -0.39 is 40.8 Å².